The third kappa shape index (κ3) is 5.66. The van der Waals surface area contributed by atoms with E-state index in [9.17, 15) is 13.2 Å². The van der Waals surface area contributed by atoms with Crippen molar-refractivity contribution in [3.63, 3.8) is 0 Å². The van der Waals surface area contributed by atoms with Gasteiger partial charge in [0.2, 0.25) is 10.0 Å². The highest BCUT2D eigenvalue weighted by Crippen LogP contribution is 2.27. The molecule has 1 aliphatic rings. The zero-order chi connectivity index (χ0) is 22.6. The minimum Gasteiger partial charge on any atom is -0.481 e. The van der Waals surface area contributed by atoms with E-state index in [4.69, 9.17) is 4.74 Å². The van der Waals surface area contributed by atoms with E-state index in [-0.39, 0.29) is 16.8 Å². The lowest BCUT2D eigenvalue weighted by atomic mass is 9.96. The molecule has 1 N–H and O–H groups in total. The van der Waals surface area contributed by atoms with Crippen LogP contribution in [0.3, 0.4) is 0 Å². The number of hydrogen-bond acceptors (Lipinski definition) is 4. The number of sulfonamides is 1. The van der Waals surface area contributed by atoms with E-state index in [1.54, 1.807) is 38.2 Å². The van der Waals surface area contributed by atoms with Gasteiger partial charge in [-0.25, -0.2) is 8.42 Å². The predicted molar refractivity (Wildman–Crippen MR) is 123 cm³/mol. The van der Waals surface area contributed by atoms with Crippen molar-refractivity contribution in [2.45, 2.75) is 69.9 Å². The first-order valence-electron chi connectivity index (χ1n) is 10.8. The Labute approximate surface area is 185 Å². The molecule has 0 aromatic heterocycles. The molecule has 2 aromatic carbocycles. The summed E-state index contributed by atoms with van der Waals surface area (Å²) >= 11 is 0. The van der Waals surface area contributed by atoms with Gasteiger partial charge in [-0.15, -0.1) is 0 Å². The lowest BCUT2D eigenvalue weighted by Gasteiger charge is -2.30. The number of ether oxygens (including phenoxy) is 1. The van der Waals surface area contributed by atoms with Crippen LogP contribution in [0, 0.1) is 13.8 Å². The Hall–Kier alpha value is -2.38. The summed E-state index contributed by atoms with van der Waals surface area (Å²) in [5.41, 5.74) is 2.55. The van der Waals surface area contributed by atoms with Gasteiger partial charge >= 0.3 is 0 Å². The second-order valence-electron chi connectivity index (χ2n) is 8.36. The molecular weight excluding hydrogens is 412 g/mol. The molecule has 0 aliphatic heterocycles. The Bertz CT molecular complexity index is 1010. The van der Waals surface area contributed by atoms with Gasteiger partial charge in [-0.05, 0) is 75.1 Å². The van der Waals surface area contributed by atoms with Crippen molar-refractivity contribution in [3.05, 3.63) is 53.6 Å². The quantitative estimate of drug-likeness (QED) is 0.674. The molecule has 3 rings (SSSR count). The Morgan fingerprint density at radius 1 is 1.06 bits per heavy atom. The highest BCUT2D eigenvalue weighted by molar-refractivity contribution is 7.89. The van der Waals surface area contributed by atoms with Gasteiger partial charge in [-0.1, -0.05) is 31.4 Å². The molecule has 31 heavy (non-hydrogen) atoms. The molecular formula is C24H32N2O4S. The summed E-state index contributed by atoms with van der Waals surface area (Å²) in [6.07, 6.45) is 4.42. The predicted octanol–water partition coefficient (Wildman–Crippen LogP) is 4.66. The highest BCUT2D eigenvalue weighted by atomic mass is 32.2. The Morgan fingerprint density at radius 2 is 1.71 bits per heavy atom. The summed E-state index contributed by atoms with van der Waals surface area (Å²) < 4.78 is 33.2. The maximum absolute atomic E-state index is 13.0. The van der Waals surface area contributed by atoms with Crippen molar-refractivity contribution >= 4 is 21.6 Å². The van der Waals surface area contributed by atoms with Crippen LogP contribution in [-0.2, 0) is 14.8 Å². The highest BCUT2D eigenvalue weighted by Gasteiger charge is 2.29. The van der Waals surface area contributed by atoms with Gasteiger partial charge in [0.05, 0.1) is 4.90 Å². The third-order valence-electron chi connectivity index (χ3n) is 5.90. The second kappa shape index (κ2) is 9.83. The molecule has 168 valence electrons. The fourth-order valence-corrected chi connectivity index (χ4v) is 5.26. The topological polar surface area (TPSA) is 75.7 Å². The number of benzene rings is 2. The molecule has 1 atom stereocenters. The molecule has 1 fully saturated rings. The zero-order valence-electron chi connectivity index (χ0n) is 18.7. The van der Waals surface area contributed by atoms with E-state index in [1.807, 2.05) is 32.0 Å². The number of carbonyl (C=O) groups excluding carboxylic acids is 1. The number of anilines is 1. The zero-order valence-corrected chi connectivity index (χ0v) is 19.5. The van der Waals surface area contributed by atoms with Crippen LogP contribution < -0.4 is 10.1 Å². The molecule has 1 unspecified atom stereocenters. The third-order valence-corrected chi connectivity index (χ3v) is 7.83. The number of nitrogens with zero attached hydrogens (tertiary/aromatic N) is 1. The largest absolute Gasteiger partial charge is 0.481 e. The van der Waals surface area contributed by atoms with Crippen molar-refractivity contribution in [2.24, 2.45) is 0 Å². The number of hydrogen-bond donors (Lipinski definition) is 1. The molecule has 2 aromatic rings. The van der Waals surface area contributed by atoms with Crippen LogP contribution in [-0.4, -0.2) is 37.8 Å². The first-order valence-corrected chi connectivity index (χ1v) is 12.3. The van der Waals surface area contributed by atoms with Crippen LogP contribution in [0.5, 0.6) is 5.75 Å². The molecule has 0 radical (unpaired) electrons. The van der Waals surface area contributed by atoms with Gasteiger partial charge in [0.1, 0.15) is 5.75 Å². The first-order chi connectivity index (χ1) is 14.7. The molecule has 1 amide bonds. The fourth-order valence-electron chi connectivity index (χ4n) is 3.84. The summed E-state index contributed by atoms with van der Waals surface area (Å²) in [6.45, 7) is 5.59. The minimum atomic E-state index is -3.55. The maximum atomic E-state index is 13.0. The first kappa shape index (κ1) is 23.3. The number of carbonyl (C=O) groups is 1. The summed E-state index contributed by atoms with van der Waals surface area (Å²) in [6, 6.07) is 12.2. The molecule has 6 nitrogen and oxygen atoms in total. The van der Waals surface area contributed by atoms with E-state index in [2.05, 4.69) is 5.32 Å². The summed E-state index contributed by atoms with van der Waals surface area (Å²) in [5.74, 6) is 0.380. The van der Waals surface area contributed by atoms with Crippen LogP contribution in [0.15, 0.2) is 47.4 Å². The van der Waals surface area contributed by atoms with E-state index < -0.39 is 16.1 Å². The lowest BCUT2D eigenvalue weighted by Crippen LogP contribution is -2.38. The lowest BCUT2D eigenvalue weighted by molar-refractivity contribution is -0.122. The Kier molecular flexibility index (Phi) is 7.38. The molecule has 0 heterocycles. The molecule has 0 spiro atoms. The normalized spacial score (nSPS) is 16.2. The monoisotopic (exact) mass is 444 g/mol. The van der Waals surface area contributed by atoms with Crippen LogP contribution in [0.1, 0.15) is 50.2 Å². The molecule has 0 saturated heterocycles. The van der Waals surface area contributed by atoms with Crippen molar-refractivity contribution in [3.8, 4) is 5.75 Å². The summed E-state index contributed by atoms with van der Waals surface area (Å²) in [4.78, 5) is 12.8. The number of aryl methyl sites for hydroxylation is 2. The Morgan fingerprint density at radius 3 is 2.35 bits per heavy atom. The second-order valence-corrected chi connectivity index (χ2v) is 10.4. The van der Waals surface area contributed by atoms with Crippen molar-refractivity contribution in [1.82, 2.24) is 4.31 Å². The van der Waals surface area contributed by atoms with Crippen molar-refractivity contribution in [2.75, 3.05) is 12.4 Å². The number of nitrogens with one attached hydrogen (secondary N) is 1. The van der Waals surface area contributed by atoms with Gasteiger partial charge in [0.15, 0.2) is 6.10 Å². The summed E-state index contributed by atoms with van der Waals surface area (Å²) in [7, 11) is -1.89. The molecule has 1 aliphatic carbocycles. The molecule has 7 heteroatoms. The van der Waals surface area contributed by atoms with Gasteiger partial charge < -0.3 is 10.1 Å². The average Bonchev–Trinajstić information content (AvgIpc) is 2.76. The Balaban J connectivity index is 1.64. The smallest absolute Gasteiger partial charge is 0.265 e. The maximum Gasteiger partial charge on any atom is 0.265 e. The SMILES string of the molecule is Cc1ccc(C)c(OC(C)C(=O)Nc2ccc(S(=O)(=O)N(C)C3CCCCC3)cc2)c1. The van der Waals surface area contributed by atoms with Crippen molar-refractivity contribution in [1.29, 1.82) is 0 Å². The van der Waals surface area contributed by atoms with Gasteiger partial charge in [-0.3, -0.25) is 4.79 Å². The van der Waals surface area contributed by atoms with Gasteiger partial charge in [0, 0.05) is 18.8 Å². The van der Waals surface area contributed by atoms with Crippen molar-refractivity contribution < 1.29 is 17.9 Å². The molecule has 0 bridgehead atoms. The average molecular weight is 445 g/mol. The van der Waals surface area contributed by atoms with Crippen LogP contribution in [0.2, 0.25) is 0 Å². The molecule has 1 saturated carbocycles. The fraction of sp³-hybridized carbons (Fsp3) is 0.458. The minimum absolute atomic E-state index is 0.0567. The standard InChI is InChI=1S/C24H32N2O4S/c1-17-10-11-18(2)23(16-17)30-19(3)24(27)25-20-12-14-22(15-13-20)31(28,29)26(4)21-8-6-5-7-9-21/h10-16,19,21H,5-9H2,1-4H3,(H,25,27). The van der Waals surface area contributed by atoms with Crippen LogP contribution in [0.4, 0.5) is 5.69 Å². The van der Waals surface area contributed by atoms with Gasteiger partial charge in [-0.2, -0.15) is 4.31 Å². The van der Waals surface area contributed by atoms with E-state index in [0.29, 0.717) is 11.4 Å². The van der Waals surface area contributed by atoms with Crippen LogP contribution in [0.25, 0.3) is 0 Å². The van der Waals surface area contributed by atoms with Gasteiger partial charge in [0.25, 0.3) is 5.91 Å². The van der Waals surface area contributed by atoms with Crippen LogP contribution >= 0.6 is 0 Å². The number of rotatable bonds is 7. The summed E-state index contributed by atoms with van der Waals surface area (Å²) in [5, 5.41) is 2.79. The van der Waals surface area contributed by atoms with E-state index in [0.717, 1.165) is 36.8 Å². The van der Waals surface area contributed by atoms with E-state index >= 15 is 0 Å². The number of amides is 1. The van der Waals surface area contributed by atoms with E-state index in [1.165, 1.54) is 10.7 Å².